The molecule has 9 heteroatoms. The molecule has 0 bridgehead atoms. The summed E-state index contributed by atoms with van der Waals surface area (Å²) in [5.41, 5.74) is 2.32. The molecule has 1 unspecified atom stereocenters. The molecule has 0 aliphatic heterocycles. The molecule has 7 nitrogen and oxygen atoms in total. The van der Waals surface area contributed by atoms with Crippen LogP contribution in [0.15, 0.2) is 46.9 Å². The average molecular weight is 553 g/mol. The molecule has 0 aromatic heterocycles. The summed E-state index contributed by atoms with van der Waals surface area (Å²) in [6, 6.07) is 12.1. The van der Waals surface area contributed by atoms with Crippen molar-refractivity contribution in [3.05, 3.63) is 63.6 Å². The van der Waals surface area contributed by atoms with Gasteiger partial charge in [0, 0.05) is 16.6 Å². The van der Waals surface area contributed by atoms with Gasteiger partial charge in [0.25, 0.3) is 0 Å². The van der Waals surface area contributed by atoms with Gasteiger partial charge in [0.05, 0.1) is 11.9 Å². The van der Waals surface area contributed by atoms with E-state index < -0.39 is 34.1 Å². The van der Waals surface area contributed by atoms with Gasteiger partial charge in [-0.3, -0.25) is 13.9 Å². The van der Waals surface area contributed by atoms with Crippen LogP contribution >= 0.6 is 15.9 Å². The topological polar surface area (TPSA) is 86.8 Å². The molecule has 0 radical (unpaired) electrons. The third-order valence-electron chi connectivity index (χ3n) is 5.30. The summed E-state index contributed by atoms with van der Waals surface area (Å²) in [6.45, 7) is 10.6. The van der Waals surface area contributed by atoms with Crippen molar-refractivity contribution in [1.82, 2.24) is 10.2 Å². The standard InChI is InChI=1S/C25H34BrN3O4S/c1-17-9-8-10-18(2)23(17)29(34(7,32)33)16-22(30)28(15-20-11-13-21(26)14-12-20)19(3)24(31)27-25(4,5)6/h8-14,19H,15-16H2,1-7H3,(H,27,31). The number of aryl methyl sites for hydroxylation is 2. The number of carbonyl (C=O) groups is 2. The zero-order chi connectivity index (χ0) is 25.8. The van der Waals surface area contributed by atoms with Gasteiger partial charge in [0.15, 0.2) is 0 Å². The Bertz CT molecular complexity index is 1120. The van der Waals surface area contributed by atoms with Crippen LogP contribution in [0.3, 0.4) is 0 Å². The molecule has 0 saturated heterocycles. The molecule has 2 aromatic carbocycles. The van der Waals surface area contributed by atoms with Crippen molar-refractivity contribution >= 4 is 43.5 Å². The van der Waals surface area contributed by atoms with E-state index in [-0.39, 0.29) is 12.5 Å². The van der Waals surface area contributed by atoms with Crippen LogP contribution in [0, 0.1) is 13.8 Å². The molecule has 0 aliphatic rings. The monoisotopic (exact) mass is 551 g/mol. The third kappa shape index (κ3) is 7.56. The highest BCUT2D eigenvalue weighted by atomic mass is 79.9. The second-order valence-electron chi connectivity index (χ2n) is 9.57. The molecule has 186 valence electrons. The number of nitrogens with one attached hydrogen (secondary N) is 1. The Labute approximate surface area is 211 Å². The number of hydrogen-bond acceptors (Lipinski definition) is 4. The number of hydrogen-bond donors (Lipinski definition) is 1. The molecular formula is C25H34BrN3O4S. The predicted molar refractivity (Wildman–Crippen MR) is 140 cm³/mol. The van der Waals surface area contributed by atoms with Crippen molar-refractivity contribution in [1.29, 1.82) is 0 Å². The number of sulfonamides is 1. The van der Waals surface area contributed by atoms with Crippen molar-refractivity contribution < 1.29 is 18.0 Å². The molecule has 0 aliphatic carbocycles. The number of rotatable bonds is 8. The maximum atomic E-state index is 13.6. The maximum absolute atomic E-state index is 13.6. The van der Waals surface area contributed by atoms with Gasteiger partial charge < -0.3 is 10.2 Å². The Balaban J connectivity index is 2.45. The van der Waals surface area contributed by atoms with Crippen LogP contribution < -0.4 is 9.62 Å². The van der Waals surface area contributed by atoms with Crippen molar-refractivity contribution in [2.45, 2.75) is 59.7 Å². The number of amides is 2. The summed E-state index contributed by atoms with van der Waals surface area (Å²) in [7, 11) is -3.77. The number of anilines is 1. The summed E-state index contributed by atoms with van der Waals surface area (Å²) in [5.74, 6) is -0.775. The first-order chi connectivity index (χ1) is 15.6. The van der Waals surface area contributed by atoms with E-state index in [2.05, 4.69) is 21.2 Å². The zero-order valence-electron chi connectivity index (χ0n) is 20.8. The van der Waals surface area contributed by atoms with Gasteiger partial charge in [-0.15, -0.1) is 0 Å². The second-order valence-corrected chi connectivity index (χ2v) is 12.4. The van der Waals surface area contributed by atoms with E-state index in [0.717, 1.165) is 31.7 Å². The molecule has 34 heavy (non-hydrogen) atoms. The van der Waals surface area contributed by atoms with E-state index in [4.69, 9.17) is 0 Å². The Morgan fingerprint density at radius 1 is 1.03 bits per heavy atom. The van der Waals surface area contributed by atoms with Gasteiger partial charge in [-0.2, -0.15) is 0 Å². The minimum atomic E-state index is -3.77. The van der Waals surface area contributed by atoms with Crippen molar-refractivity contribution in [3.63, 3.8) is 0 Å². The van der Waals surface area contributed by atoms with Crippen molar-refractivity contribution in [3.8, 4) is 0 Å². The van der Waals surface area contributed by atoms with Gasteiger partial charge in [-0.05, 0) is 70.4 Å². The number of carbonyl (C=O) groups excluding carboxylic acids is 2. The SMILES string of the molecule is Cc1cccc(C)c1N(CC(=O)N(Cc1ccc(Br)cc1)C(C)C(=O)NC(C)(C)C)S(C)(=O)=O. The molecule has 2 rings (SSSR count). The minimum absolute atomic E-state index is 0.162. The van der Waals surface area contributed by atoms with Crippen LogP contribution in [0.2, 0.25) is 0 Å². The summed E-state index contributed by atoms with van der Waals surface area (Å²) >= 11 is 3.40. The van der Waals surface area contributed by atoms with E-state index in [1.165, 1.54) is 4.90 Å². The molecule has 1 atom stereocenters. The molecule has 0 saturated carbocycles. The van der Waals surface area contributed by atoms with E-state index in [1.807, 2.05) is 77.1 Å². The van der Waals surface area contributed by atoms with Gasteiger partial charge in [-0.1, -0.05) is 46.3 Å². The second kappa shape index (κ2) is 10.9. The summed E-state index contributed by atoms with van der Waals surface area (Å²) in [4.78, 5) is 28.0. The summed E-state index contributed by atoms with van der Waals surface area (Å²) in [5, 5.41) is 2.91. The lowest BCUT2D eigenvalue weighted by Crippen LogP contribution is -2.54. The predicted octanol–water partition coefficient (Wildman–Crippen LogP) is 4.16. The first-order valence-corrected chi connectivity index (χ1v) is 13.6. The van der Waals surface area contributed by atoms with Crippen molar-refractivity contribution in [2.75, 3.05) is 17.1 Å². The van der Waals surface area contributed by atoms with Crippen molar-refractivity contribution in [2.24, 2.45) is 0 Å². The Morgan fingerprint density at radius 3 is 2.03 bits per heavy atom. The first kappa shape index (κ1) is 27.9. The fraction of sp³-hybridized carbons (Fsp3) is 0.440. The largest absolute Gasteiger partial charge is 0.350 e. The van der Waals surface area contributed by atoms with Gasteiger partial charge in [0.2, 0.25) is 21.8 Å². The first-order valence-electron chi connectivity index (χ1n) is 11.0. The van der Waals surface area contributed by atoms with E-state index in [0.29, 0.717) is 5.69 Å². The van der Waals surface area contributed by atoms with Gasteiger partial charge >= 0.3 is 0 Å². The minimum Gasteiger partial charge on any atom is -0.350 e. The van der Waals surface area contributed by atoms with Gasteiger partial charge in [0.1, 0.15) is 12.6 Å². The normalized spacial score (nSPS) is 12.7. The number of halogens is 1. The lowest BCUT2D eigenvalue weighted by molar-refractivity contribution is -0.140. The molecule has 0 heterocycles. The third-order valence-corrected chi connectivity index (χ3v) is 6.94. The highest BCUT2D eigenvalue weighted by Gasteiger charge is 2.32. The Hall–Kier alpha value is -2.39. The van der Waals surface area contributed by atoms with Crippen LogP contribution in [0.4, 0.5) is 5.69 Å². The quantitative estimate of drug-likeness (QED) is 0.533. The summed E-state index contributed by atoms with van der Waals surface area (Å²) < 4.78 is 27.5. The van der Waals surface area contributed by atoms with Gasteiger partial charge in [-0.25, -0.2) is 8.42 Å². The fourth-order valence-corrected chi connectivity index (χ4v) is 4.85. The smallest absolute Gasteiger partial charge is 0.244 e. The van der Waals surface area contributed by atoms with Crippen LogP contribution in [0.1, 0.15) is 44.4 Å². The molecule has 1 N–H and O–H groups in total. The average Bonchev–Trinajstić information content (AvgIpc) is 2.69. The van der Waals surface area contributed by atoms with E-state index in [1.54, 1.807) is 6.92 Å². The van der Waals surface area contributed by atoms with E-state index in [9.17, 15) is 18.0 Å². The number of para-hydroxylation sites is 1. The van der Waals surface area contributed by atoms with Crippen LogP contribution in [0.25, 0.3) is 0 Å². The molecule has 2 aromatic rings. The highest BCUT2D eigenvalue weighted by Crippen LogP contribution is 2.27. The van der Waals surface area contributed by atoms with Crippen LogP contribution in [0.5, 0.6) is 0 Å². The number of nitrogens with zero attached hydrogens (tertiary/aromatic N) is 2. The molecule has 0 fully saturated rings. The highest BCUT2D eigenvalue weighted by molar-refractivity contribution is 9.10. The lowest BCUT2D eigenvalue weighted by Gasteiger charge is -2.33. The Kier molecular flexibility index (Phi) is 8.93. The molecular weight excluding hydrogens is 518 g/mol. The summed E-state index contributed by atoms with van der Waals surface area (Å²) in [6.07, 6.45) is 1.08. The lowest BCUT2D eigenvalue weighted by atomic mass is 10.1. The molecule has 0 spiro atoms. The van der Waals surface area contributed by atoms with Crippen LogP contribution in [-0.2, 0) is 26.2 Å². The molecule has 2 amide bonds. The zero-order valence-corrected chi connectivity index (χ0v) is 23.2. The number of benzene rings is 2. The van der Waals surface area contributed by atoms with Crippen LogP contribution in [-0.4, -0.2) is 49.5 Å². The fourth-order valence-electron chi connectivity index (χ4n) is 3.62. The van der Waals surface area contributed by atoms with E-state index >= 15 is 0 Å². The Morgan fingerprint density at radius 2 is 1.56 bits per heavy atom. The maximum Gasteiger partial charge on any atom is 0.244 e.